The molecule has 1 aromatic rings. The maximum Gasteiger partial charge on any atom is 0.337 e. The second-order valence-corrected chi connectivity index (χ2v) is 5.66. The first-order chi connectivity index (χ1) is 8.97. The quantitative estimate of drug-likeness (QED) is 0.731. The van der Waals surface area contributed by atoms with Crippen molar-refractivity contribution in [2.45, 2.75) is 45.6 Å². The molecular weight excluding hydrogens is 240 g/mol. The average Bonchev–Trinajstić information content (AvgIpc) is 2.36. The van der Waals surface area contributed by atoms with Crippen LogP contribution in [0.5, 0.6) is 0 Å². The summed E-state index contributed by atoms with van der Waals surface area (Å²) in [4.78, 5) is 11.2. The predicted octanol–water partition coefficient (Wildman–Crippen LogP) is 3.27. The second-order valence-electron chi connectivity index (χ2n) is 5.66. The lowest BCUT2D eigenvalue weighted by atomic mass is 9.87. The Morgan fingerprint density at radius 3 is 2.53 bits per heavy atom. The number of hydrogen-bond donors (Lipinski definition) is 3. The molecule has 0 spiro atoms. The van der Waals surface area contributed by atoms with E-state index in [0.29, 0.717) is 11.7 Å². The fraction of sp³-hybridized carbons (Fsp3) is 0.533. The molecule has 0 heterocycles. The summed E-state index contributed by atoms with van der Waals surface area (Å²) in [6.45, 7) is 4.13. The first-order valence-electron chi connectivity index (χ1n) is 6.87. The van der Waals surface area contributed by atoms with Crippen LogP contribution in [0, 0.1) is 12.8 Å². The topological polar surface area (TPSA) is 75.3 Å². The summed E-state index contributed by atoms with van der Waals surface area (Å²) in [6.07, 6.45) is 4.76. The highest BCUT2D eigenvalue weighted by atomic mass is 16.4. The Morgan fingerprint density at radius 1 is 1.32 bits per heavy atom. The van der Waals surface area contributed by atoms with Crippen LogP contribution in [-0.4, -0.2) is 17.1 Å². The highest BCUT2D eigenvalue weighted by Gasteiger charge is 2.19. The van der Waals surface area contributed by atoms with Crippen molar-refractivity contribution in [3.63, 3.8) is 0 Å². The van der Waals surface area contributed by atoms with E-state index in [1.165, 1.54) is 12.8 Å². The van der Waals surface area contributed by atoms with Gasteiger partial charge in [0.15, 0.2) is 0 Å². The Kier molecular flexibility index (Phi) is 3.98. The standard InChI is InChI=1S/C15H22N2O2/c1-9-3-5-11(6-4-9)17-12-7-10(2)14(16)13(8-12)15(18)19/h7-9,11,17H,3-6,16H2,1-2H3,(H,18,19). The van der Waals surface area contributed by atoms with E-state index >= 15 is 0 Å². The summed E-state index contributed by atoms with van der Waals surface area (Å²) < 4.78 is 0. The molecule has 0 saturated heterocycles. The number of aromatic carboxylic acids is 1. The van der Waals surface area contributed by atoms with Gasteiger partial charge in [-0.25, -0.2) is 4.79 Å². The molecular formula is C15H22N2O2. The molecule has 0 atom stereocenters. The van der Waals surface area contributed by atoms with Crippen molar-refractivity contribution in [1.29, 1.82) is 0 Å². The average molecular weight is 262 g/mol. The van der Waals surface area contributed by atoms with Gasteiger partial charge < -0.3 is 16.2 Å². The Labute approximate surface area is 114 Å². The van der Waals surface area contributed by atoms with Crippen LogP contribution in [0.4, 0.5) is 11.4 Å². The number of aryl methyl sites for hydroxylation is 1. The van der Waals surface area contributed by atoms with E-state index in [2.05, 4.69) is 12.2 Å². The molecule has 2 rings (SSSR count). The summed E-state index contributed by atoms with van der Waals surface area (Å²) in [7, 11) is 0. The van der Waals surface area contributed by atoms with Crippen LogP contribution >= 0.6 is 0 Å². The SMILES string of the molecule is Cc1cc(NC2CCC(C)CC2)cc(C(=O)O)c1N. The van der Waals surface area contributed by atoms with Crippen molar-refractivity contribution >= 4 is 17.3 Å². The third-order valence-electron chi connectivity index (χ3n) is 4.00. The number of carboxylic acid groups (broad SMARTS) is 1. The van der Waals surface area contributed by atoms with Crippen molar-refractivity contribution in [3.8, 4) is 0 Å². The molecule has 0 aliphatic heterocycles. The Balaban J connectivity index is 2.14. The zero-order valence-electron chi connectivity index (χ0n) is 11.6. The van der Waals surface area contributed by atoms with Gasteiger partial charge in [0.05, 0.1) is 5.56 Å². The van der Waals surface area contributed by atoms with E-state index in [1.54, 1.807) is 6.07 Å². The largest absolute Gasteiger partial charge is 0.478 e. The fourth-order valence-electron chi connectivity index (χ4n) is 2.70. The maximum absolute atomic E-state index is 11.2. The van der Waals surface area contributed by atoms with Crippen molar-refractivity contribution in [2.75, 3.05) is 11.1 Å². The van der Waals surface area contributed by atoms with Crippen molar-refractivity contribution in [1.82, 2.24) is 0 Å². The number of carboxylic acids is 1. The lowest BCUT2D eigenvalue weighted by molar-refractivity contribution is 0.0698. The first kappa shape index (κ1) is 13.7. The van der Waals surface area contributed by atoms with Crippen LogP contribution in [0.2, 0.25) is 0 Å². The van der Waals surface area contributed by atoms with Crippen LogP contribution in [0.1, 0.15) is 48.5 Å². The molecule has 0 bridgehead atoms. The summed E-state index contributed by atoms with van der Waals surface area (Å²) in [5, 5.41) is 12.6. The van der Waals surface area contributed by atoms with E-state index in [4.69, 9.17) is 10.8 Å². The fourth-order valence-corrected chi connectivity index (χ4v) is 2.70. The van der Waals surface area contributed by atoms with E-state index < -0.39 is 5.97 Å². The summed E-state index contributed by atoms with van der Waals surface area (Å²) in [5.41, 5.74) is 8.01. The number of anilines is 2. The van der Waals surface area contributed by atoms with Crippen LogP contribution in [0.25, 0.3) is 0 Å². The van der Waals surface area contributed by atoms with Crippen LogP contribution in [-0.2, 0) is 0 Å². The maximum atomic E-state index is 11.2. The molecule has 1 aliphatic rings. The molecule has 19 heavy (non-hydrogen) atoms. The van der Waals surface area contributed by atoms with E-state index in [-0.39, 0.29) is 5.56 Å². The second kappa shape index (κ2) is 5.51. The van der Waals surface area contributed by atoms with Crippen molar-refractivity contribution in [3.05, 3.63) is 23.3 Å². The molecule has 0 amide bonds. The summed E-state index contributed by atoms with van der Waals surface area (Å²) in [5.74, 6) is -0.165. The van der Waals surface area contributed by atoms with Gasteiger partial charge in [0.2, 0.25) is 0 Å². The molecule has 104 valence electrons. The minimum absolute atomic E-state index is 0.187. The lowest BCUT2D eigenvalue weighted by Gasteiger charge is -2.28. The first-order valence-corrected chi connectivity index (χ1v) is 6.87. The van der Waals surface area contributed by atoms with Gasteiger partial charge >= 0.3 is 5.97 Å². The van der Waals surface area contributed by atoms with Crippen LogP contribution in [0.3, 0.4) is 0 Å². The third-order valence-corrected chi connectivity index (χ3v) is 4.00. The molecule has 4 heteroatoms. The van der Waals surface area contributed by atoms with Gasteiger partial charge in [0.25, 0.3) is 0 Å². The molecule has 1 fully saturated rings. The highest BCUT2D eigenvalue weighted by Crippen LogP contribution is 2.28. The molecule has 0 aromatic heterocycles. The van der Waals surface area contributed by atoms with Gasteiger partial charge in [0.1, 0.15) is 0 Å². The minimum atomic E-state index is -0.971. The zero-order chi connectivity index (χ0) is 14.0. The molecule has 4 N–H and O–H groups in total. The Bertz CT molecular complexity index is 477. The summed E-state index contributed by atoms with van der Waals surface area (Å²) >= 11 is 0. The van der Waals surface area contributed by atoms with Crippen molar-refractivity contribution in [2.24, 2.45) is 5.92 Å². The molecule has 1 saturated carbocycles. The normalized spacial score (nSPS) is 23.1. The Morgan fingerprint density at radius 2 is 1.95 bits per heavy atom. The number of nitrogen functional groups attached to an aromatic ring is 1. The van der Waals surface area contributed by atoms with Gasteiger partial charge in [-0.3, -0.25) is 0 Å². The van der Waals surface area contributed by atoms with E-state index in [1.807, 2.05) is 13.0 Å². The number of rotatable bonds is 3. The van der Waals surface area contributed by atoms with Gasteiger partial charge in [-0.1, -0.05) is 6.92 Å². The third kappa shape index (κ3) is 3.19. The monoisotopic (exact) mass is 262 g/mol. The number of benzene rings is 1. The van der Waals surface area contributed by atoms with Crippen LogP contribution in [0.15, 0.2) is 12.1 Å². The van der Waals surface area contributed by atoms with Gasteiger partial charge in [-0.2, -0.15) is 0 Å². The zero-order valence-corrected chi connectivity index (χ0v) is 11.6. The highest BCUT2D eigenvalue weighted by molar-refractivity contribution is 5.95. The van der Waals surface area contributed by atoms with E-state index in [0.717, 1.165) is 30.0 Å². The molecule has 0 radical (unpaired) electrons. The Hall–Kier alpha value is -1.71. The molecule has 0 unspecified atom stereocenters. The lowest BCUT2D eigenvalue weighted by Crippen LogP contribution is -2.25. The summed E-state index contributed by atoms with van der Waals surface area (Å²) in [6, 6.07) is 4.02. The molecule has 1 aromatic carbocycles. The van der Waals surface area contributed by atoms with Gasteiger partial charge in [-0.05, 0) is 56.2 Å². The predicted molar refractivity (Wildman–Crippen MR) is 77.6 cm³/mol. The number of carbonyl (C=O) groups is 1. The van der Waals surface area contributed by atoms with E-state index in [9.17, 15) is 4.79 Å². The smallest absolute Gasteiger partial charge is 0.337 e. The number of nitrogens with one attached hydrogen (secondary N) is 1. The molecule has 1 aliphatic carbocycles. The van der Waals surface area contributed by atoms with Gasteiger partial charge in [0, 0.05) is 17.4 Å². The van der Waals surface area contributed by atoms with Gasteiger partial charge in [-0.15, -0.1) is 0 Å². The van der Waals surface area contributed by atoms with Crippen LogP contribution < -0.4 is 11.1 Å². The minimum Gasteiger partial charge on any atom is -0.478 e. The number of hydrogen-bond acceptors (Lipinski definition) is 3. The number of nitrogens with two attached hydrogens (primary N) is 1. The van der Waals surface area contributed by atoms with Crippen molar-refractivity contribution < 1.29 is 9.90 Å². The molecule has 4 nitrogen and oxygen atoms in total.